The van der Waals surface area contributed by atoms with Gasteiger partial charge in [0.2, 0.25) is 0 Å². The van der Waals surface area contributed by atoms with Crippen LogP contribution in [0.2, 0.25) is 0 Å². The van der Waals surface area contributed by atoms with Crippen LogP contribution in [0.15, 0.2) is 12.3 Å². The first-order chi connectivity index (χ1) is 5.75. The van der Waals surface area contributed by atoms with E-state index in [1.165, 1.54) is 0 Å². The van der Waals surface area contributed by atoms with Crippen molar-refractivity contribution in [2.75, 3.05) is 0 Å². The van der Waals surface area contributed by atoms with Gasteiger partial charge in [0.1, 0.15) is 0 Å². The van der Waals surface area contributed by atoms with E-state index in [9.17, 15) is 4.79 Å². The molecule has 0 unspecified atom stereocenters. The van der Waals surface area contributed by atoms with Crippen LogP contribution in [-0.4, -0.2) is 11.3 Å². The molecule has 0 saturated carbocycles. The van der Waals surface area contributed by atoms with Crippen molar-refractivity contribution in [3.63, 3.8) is 0 Å². The summed E-state index contributed by atoms with van der Waals surface area (Å²) in [7, 11) is 0. The summed E-state index contributed by atoms with van der Waals surface area (Å²) in [6.45, 7) is 7.73. The van der Waals surface area contributed by atoms with E-state index < -0.39 is 0 Å². The third-order valence-electron chi connectivity index (χ3n) is 1.53. The third-order valence-corrected chi connectivity index (χ3v) is 1.53. The van der Waals surface area contributed by atoms with Crippen LogP contribution in [0, 0.1) is 13.8 Å². The van der Waals surface area contributed by atoms with Crippen LogP contribution < -0.4 is 0 Å². The zero-order valence-corrected chi connectivity index (χ0v) is 8.09. The summed E-state index contributed by atoms with van der Waals surface area (Å²) in [4.78, 5) is 14.4. The largest absolute Gasteiger partial charge is 0.298 e. The standard InChI is InChI=1S/C8H9NO.C2H6/c1-6-3-4-9-7(2)8(6)5-10;1-2/h3-5H,1-2H3;1-2H3. The Hall–Kier alpha value is -1.18. The van der Waals surface area contributed by atoms with Crippen LogP contribution in [0.5, 0.6) is 0 Å². The lowest BCUT2D eigenvalue weighted by molar-refractivity contribution is 0.112. The second-order valence-electron chi connectivity index (χ2n) is 2.24. The number of aromatic nitrogens is 1. The van der Waals surface area contributed by atoms with Crippen LogP contribution in [0.25, 0.3) is 0 Å². The molecular weight excluding hydrogens is 150 g/mol. The number of aryl methyl sites for hydroxylation is 2. The molecule has 0 spiro atoms. The van der Waals surface area contributed by atoms with E-state index in [2.05, 4.69) is 4.98 Å². The lowest BCUT2D eigenvalue weighted by Crippen LogP contribution is -1.92. The molecule has 0 aliphatic carbocycles. The van der Waals surface area contributed by atoms with Gasteiger partial charge in [-0.2, -0.15) is 0 Å². The Morgan fingerprint density at radius 1 is 1.33 bits per heavy atom. The van der Waals surface area contributed by atoms with Crippen LogP contribution in [-0.2, 0) is 0 Å². The zero-order valence-electron chi connectivity index (χ0n) is 8.09. The number of nitrogens with zero attached hydrogens (tertiary/aromatic N) is 1. The molecule has 0 radical (unpaired) electrons. The number of aldehydes is 1. The lowest BCUT2D eigenvalue weighted by Gasteiger charge is -1.98. The van der Waals surface area contributed by atoms with Crippen LogP contribution in [0.3, 0.4) is 0 Å². The lowest BCUT2D eigenvalue weighted by atomic mass is 10.1. The van der Waals surface area contributed by atoms with Gasteiger partial charge < -0.3 is 0 Å². The first-order valence-corrected chi connectivity index (χ1v) is 4.13. The molecule has 1 aromatic heterocycles. The van der Waals surface area contributed by atoms with Gasteiger partial charge in [0, 0.05) is 17.5 Å². The smallest absolute Gasteiger partial charge is 0.152 e. The predicted molar refractivity (Wildman–Crippen MR) is 50.4 cm³/mol. The summed E-state index contributed by atoms with van der Waals surface area (Å²) < 4.78 is 0. The van der Waals surface area contributed by atoms with Gasteiger partial charge in [0.25, 0.3) is 0 Å². The first kappa shape index (κ1) is 10.8. The fourth-order valence-corrected chi connectivity index (χ4v) is 0.884. The Balaban J connectivity index is 0.000000561. The van der Waals surface area contributed by atoms with Crippen LogP contribution in [0.4, 0.5) is 0 Å². The highest BCUT2D eigenvalue weighted by atomic mass is 16.1. The second kappa shape index (κ2) is 5.47. The maximum atomic E-state index is 10.4. The van der Waals surface area contributed by atoms with Crippen LogP contribution >= 0.6 is 0 Å². The van der Waals surface area contributed by atoms with Gasteiger partial charge in [-0.3, -0.25) is 9.78 Å². The normalized spacial score (nSPS) is 8.33. The summed E-state index contributed by atoms with van der Waals surface area (Å²) in [6, 6.07) is 1.83. The van der Waals surface area contributed by atoms with Gasteiger partial charge in [0.15, 0.2) is 6.29 Å². The minimum absolute atomic E-state index is 0.711. The van der Waals surface area contributed by atoms with E-state index in [-0.39, 0.29) is 0 Å². The molecule has 0 N–H and O–H groups in total. The number of hydrogen-bond donors (Lipinski definition) is 0. The quantitative estimate of drug-likeness (QED) is 0.598. The Bertz CT molecular complexity index is 236. The van der Waals surface area contributed by atoms with E-state index >= 15 is 0 Å². The highest BCUT2D eigenvalue weighted by molar-refractivity contribution is 5.78. The summed E-state index contributed by atoms with van der Waals surface area (Å²) >= 11 is 0. The van der Waals surface area contributed by atoms with Crippen molar-refractivity contribution in [2.45, 2.75) is 27.7 Å². The van der Waals surface area contributed by atoms with E-state index in [0.29, 0.717) is 5.56 Å². The first-order valence-electron chi connectivity index (χ1n) is 4.13. The average molecular weight is 165 g/mol. The topological polar surface area (TPSA) is 30.0 Å². The summed E-state index contributed by atoms with van der Waals surface area (Å²) in [5.41, 5.74) is 2.50. The Morgan fingerprint density at radius 3 is 2.25 bits per heavy atom. The van der Waals surface area contributed by atoms with Crippen LogP contribution in [0.1, 0.15) is 35.5 Å². The Morgan fingerprint density at radius 2 is 1.92 bits per heavy atom. The number of carbonyl (C=O) groups excluding carboxylic acids is 1. The van der Waals surface area contributed by atoms with Crippen molar-refractivity contribution in [3.05, 3.63) is 29.1 Å². The van der Waals surface area contributed by atoms with Crippen molar-refractivity contribution in [1.29, 1.82) is 0 Å². The SMILES string of the molecule is CC.Cc1ccnc(C)c1C=O. The van der Waals surface area contributed by atoms with E-state index in [4.69, 9.17) is 0 Å². The zero-order chi connectivity index (χ0) is 9.56. The fraction of sp³-hybridized carbons (Fsp3) is 0.400. The third kappa shape index (κ3) is 2.46. The number of carbonyl (C=O) groups is 1. The summed E-state index contributed by atoms with van der Waals surface area (Å²) in [5.74, 6) is 0. The predicted octanol–water partition coefficient (Wildman–Crippen LogP) is 2.54. The van der Waals surface area contributed by atoms with E-state index in [1.54, 1.807) is 6.20 Å². The molecule has 0 saturated heterocycles. The number of rotatable bonds is 1. The molecular formula is C10H15NO. The van der Waals surface area contributed by atoms with Gasteiger partial charge in [-0.05, 0) is 25.5 Å². The molecule has 0 fully saturated rings. The van der Waals surface area contributed by atoms with Gasteiger partial charge in [0.05, 0.1) is 0 Å². The highest BCUT2D eigenvalue weighted by Crippen LogP contribution is 2.06. The molecule has 0 aliphatic rings. The molecule has 12 heavy (non-hydrogen) atoms. The molecule has 0 amide bonds. The highest BCUT2D eigenvalue weighted by Gasteiger charge is 1.98. The molecule has 1 aromatic rings. The number of pyridine rings is 1. The summed E-state index contributed by atoms with van der Waals surface area (Å²) in [5, 5.41) is 0. The van der Waals surface area contributed by atoms with E-state index in [1.807, 2.05) is 33.8 Å². The number of hydrogen-bond acceptors (Lipinski definition) is 2. The van der Waals surface area contributed by atoms with Crippen molar-refractivity contribution in [1.82, 2.24) is 4.98 Å². The fourth-order valence-electron chi connectivity index (χ4n) is 0.884. The maximum Gasteiger partial charge on any atom is 0.152 e. The van der Waals surface area contributed by atoms with Crippen molar-refractivity contribution in [2.24, 2.45) is 0 Å². The molecule has 66 valence electrons. The molecule has 0 aliphatic heterocycles. The minimum atomic E-state index is 0.711. The van der Waals surface area contributed by atoms with Gasteiger partial charge in [-0.1, -0.05) is 13.8 Å². The Labute approximate surface area is 73.6 Å². The van der Waals surface area contributed by atoms with Crippen molar-refractivity contribution in [3.8, 4) is 0 Å². The minimum Gasteiger partial charge on any atom is -0.298 e. The molecule has 1 rings (SSSR count). The van der Waals surface area contributed by atoms with Gasteiger partial charge >= 0.3 is 0 Å². The summed E-state index contributed by atoms with van der Waals surface area (Å²) in [6.07, 6.45) is 2.55. The van der Waals surface area contributed by atoms with Gasteiger partial charge in [-0.15, -0.1) is 0 Å². The second-order valence-corrected chi connectivity index (χ2v) is 2.24. The van der Waals surface area contributed by atoms with Crippen molar-refractivity contribution < 1.29 is 4.79 Å². The monoisotopic (exact) mass is 165 g/mol. The average Bonchev–Trinajstić information content (AvgIpc) is 2.08. The molecule has 0 bridgehead atoms. The van der Waals surface area contributed by atoms with Gasteiger partial charge in [-0.25, -0.2) is 0 Å². The molecule has 2 nitrogen and oxygen atoms in total. The maximum absolute atomic E-state index is 10.4. The molecule has 0 atom stereocenters. The molecule has 0 aromatic carbocycles. The molecule has 2 heteroatoms. The Kier molecular flexibility index (Phi) is 4.93. The van der Waals surface area contributed by atoms with E-state index in [0.717, 1.165) is 17.5 Å². The van der Waals surface area contributed by atoms with Crippen molar-refractivity contribution >= 4 is 6.29 Å². The molecule has 1 heterocycles.